The predicted molar refractivity (Wildman–Crippen MR) is 89.7 cm³/mol. The summed E-state index contributed by atoms with van der Waals surface area (Å²) in [5.41, 5.74) is 1.33. The van der Waals surface area contributed by atoms with Crippen molar-refractivity contribution < 1.29 is 4.74 Å². The van der Waals surface area contributed by atoms with Crippen molar-refractivity contribution in [3.05, 3.63) is 51.2 Å². The summed E-state index contributed by atoms with van der Waals surface area (Å²) in [6.45, 7) is 3.90. The maximum atomic E-state index is 6.33. The Hall–Kier alpha value is -1.03. The van der Waals surface area contributed by atoms with Crippen molar-refractivity contribution in [3.8, 4) is 5.75 Å². The topological polar surface area (TPSA) is 21.3 Å². The average Bonchev–Trinajstić information content (AvgIpc) is 2.93. The maximum absolute atomic E-state index is 6.33. The molecule has 1 N–H and O–H groups in total. The molecule has 21 heavy (non-hydrogen) atoms. The lowest BCUT2D eigenvalue weighted by molar-refractivity contribution is 0.256. The third kappa shape index (κ3) is 3.25. The van der Waals surface area contributed by atoms with E-state index in [0.717, 1.165) is 36.8 Å². The zero-order valence-electron chi connectivity index (χ0n) is 12.1. The molecule has 2 unspecified atom stereocenters. The van der Waals surface area contributed by atoms with E-state index in [-0.39, 0.29) is 0 Å². The Bertz CT molecular complexity index is 598. The smallest absolute Gasteiger partial charge is 0.122 e. The van der Waals surface area contributed by atoms with Gasteiger partial charge < -0.3 is 10.1 Å². The van der Waals surface area contributed by atoms with Crippen molar-refractivity contribution in [1.29, 1.82) is 0 Å². The zero-order chi connectivity index (χ0) is 14.7. The van der Waals surface area contributed by atoms with E-state index in [1.807, 2.05) is 12.1 Å². The van der Waals surface area contributed by atoms with Crippen LogP contribution in [0.2, 0.25) is 5.02 Å². The number of thiophene rings is 1. The molecule has 0 radical (unpaired) electrons. The molecule has 2 aromatic rings. The van der Waals surface area contributed by atoms with Gasteiger partial charge in [0.2, 0.25) is 0 Å². The van der Waals surface area contributed by atoms with Crippen molar-refractivity contribution in [1.82, 2.24) is 5.32 Å². The Balaban J connectivity index is 1.83. The van der Waals surface area contributed by atoms with Crippen LogP contribution in [0.5, 0.6) is 5.75 Å². The molecule has 1 aromatic heterocycles. The summed E-state index contributed by atoms with van der Waals surface area (Å²) in [5, 5.41) is 6.54. The molecular weight excluding hydrogens is 302 g/mol. The average molecular weight is 322 g/mol. The van der Waals surface area contributed by atoms with Crippen molar-refractivity contribution >= 4 is 22.9 Å². The van der Waals surface area contributed by atoms with E-state index in [0.29, 0.717) is 12.0 Å². The Labute approximate surface area is 135 Å². The van der Waals surface area contributed by atoms with Crippen LogP contribution in [-0.4, -0.2) is 13.2 Å². The van der Waals surface area contributed by atoms with Gasteiger partial charge in [-0.05, 0) is 48.4 Å². The van der Waals surface area contributed by atoms with Gasteiger partial charge in [0.25, 0.3) is 0 Å². The quantitative estimate of drug-likeness (QED) is 0.836. The molecule has 2 atom stereocenters. The number of fused-ring (bicyclic) bond motifs is 1. The van der Waals surface area contributed by atoms with Crippen LogP contribution in [0.3, 0.4) is 0 Å². The Kier molecular flexibility index (Phi) is 4.84. The van der Waals surface area contributed by atoms with Crippen LogP contribution in [0.4, 0.5) is 0 Å². The molecule has 1 aromatic carbocycles. The van der Waals surface area contributed by atoms with Crippen molar-refractivity contribution in [2.24, 2.45) is 0 Å². The lowest BCUT2D eigenvalue weighted by Crippen LogP contribution is -2.24. The molecule has 2 heterocycles. The molecule has 0 saturated heterocycles. The Morgan fingerprint density at radius 2 is 2.24 bits per heavy atom. The maximum Gasteiger partial charge on any atom is 0.122 e. The van der Waals surface area contributed by atoms with Gasteiger partial charge in [0, 0.05) is 10.9 Å². The molecule has 0 fully saturated rings. The van der Waals surface area contributed by atoms with E-state index in [9.17, 15) is 0 Å². The highest BCUT2D eigenvalue weighted by Crippen LogP contribution is 2.41. The minimum absolute atomic E-state index is 0.318. The first kappa shape index (κ1) is 14.9. The van der Waals surface area contributed by atoms with Gasteiger partial charge in [0.15, 0.2) is 0 Å². The van der Waals surface area contributed by atoms with E-state index in [4.69, 9.17) is 16.3 Å². The number of hydrogen-bond acceptors (Lipinski definition) is 3. The predicted octanol–water partition coefficient (Wildman–Crippen LogP) is 5.01. The van der Waals surface area contributed by atoms with Crippen LogP contribution in [0.15, 0.2) is 35.7 Å². The minimum atomic E-state index is 0.318. The number of ether oxygens (including phenoxy) is 1. The van der Waals surface area contributed by atoms with Crippen molar-refractivity contribution in [3.63, 3.8) is 0 Å². The third-order valence-corrected chi connectivity index (χ3v) is 5.49. The second-order valence-corrected chi connectivity index (χ2v) is 6.71. The SMILES string of the molecule is CCNC(CC1CCOc2ccccc21)c1sccc1Cl. The van der Waals surface area contributed by atoms with E-state index >= 15 is 0 Å². The number of para-hydroxylation sites is 1. The van der Waals surface area contributed by atoms with Gasteiger partial charge in [-0.1, -0.05) is 36.7 Å². The van der Waals surface area contributed by atoms with E-state index < -0.39 is 0 Å². The van der Waals surface area contributed by atoms with Gasteiger partial charge >= 0.3 is 0 Å². The minimum Gasteiger partial charge on any atom is -0.493 e. The van der Waals surface area contributed by atoms with Crippen LogP contribution >= 0.6 is 22.9 Å². The van der Waals surface area contributed by atoms with Crippen LogP contribution in [0, 0.1) is 0 Å². The molecule has 3 rings (SSSR count). The van der Waals surface area contributed by atoms with Gasteiger partial charge in [0.05, 0.1) is 11.6 Å². The summed E-state index contributed by atoms with van der Waals surface area (Å²) in [6.07, 6.45) is 2.14. The second-order valence-electron chi connectivity index (χ2n) is 5.35. The van der Waals surface area contributed by atoms with E-state index in [1.54, 1.807) is 11.3 Å². The van der Waals surface area contributed by atoms with Crippen LogP contribution in [0.25, 0.3) is 0 Å². The van der Waals surface area contributed by atoms with Gasteiger partial charge in [-0.3, -0.25) is 0 Å². The van der Waals surface area contributed by atoms with Gasteiger partial charge in [-0.2, -0.15) is 0 Å². The Morgan fingerprint density at radius 3 is 3.00 bits per heavy atom. The zero-order valence-corrected chi connectivity index (χ0v) is 13.7. The molecule has 0 bridgehead atoms. The van der Waals surface area contributed by atoms with Gasteiger partial charge in [0.1, 0.15) is 5.75 Å². The van der Waals surface area contributed by atoms with Gasteiger partial charge in [-0.15, -0.1) is 11.3 Å². The van der Waals surface area contributed by atoms with Gasteiger partial charge in [-0.25, -0.2) is 0 Å². The molecule has 1 aliphatic rings. The number of benzene rings is 1. The lowest BCUT2D eigenvalue weighted by atomic mass is 9.87. The molecule has 4 heteroatoms. The fraction of sp³-hybridized carbons (Fsp3) is 0.412. The number of halogens is 1. The summed E-state index contributed by atoms with van der Waals surface area (Å²) in [6, 6.07) is 10.7. The van der Waals surface area contributed by atoms with Crippen LogP contribution < -0.4 is 10.1 Å². The molecule has 112 valence electrons. The monoisotopic (exact) mass is 321 g/mol. The highest BCUT2D eigenvalue weighted by molar-refractivity contribution is 7.10. The largest absolute Gasteiger partial charge is 0.493 e. The standard InChI is InChI=1S/C17H20ClNOS/c1-2-19-15(17-14(18)8-10-21-17)11-12-7-9-20-16-6-4-3-5-13(12)16/h3-6,8,10,12,15,19H,2,7,9,11H2,1H3. The summed E-state index contributed by atoms with van der Waals surface area (Å²) < 4.78 is 5.77. The second kappa shape index (κ2) is 6.82. The summed E-state index contributed by atoms with van der Waals surface area (Å²) >= 11 is 8.08. The summed E-state index contributed by atoms with van der Waals surface area (Å²) in [5.74, 6) is 1.57. The molecule has 0 amide bonds. The molecular formula is C17H20ClNOS. The normalized spacial score (nSPS) is 18.9. The molecule has 2 nitrogen and oxygen atoms in total. The number of hydrogen-bond donors (Lipinski definition) is 1. The summed E-state index contributed by atoms with van der Waals surface area (Å²) in [4.78, 5) is 1.25. The molecule has 0 aliphatic carbocycles. The fourth-order valence-electron chi connectivity index (χ4n) is 3.03. The highest BCUT2D eigenvalue weighted by Gasteiger charge is 2.26. The lowest BCUT2D eigenvalue weighted by Gasteiger charge is -2.29. The summed E-state index contributed by atoms with van der Waals surface area (Å²) in [7, 11) is 0. The first-order chi connectivity index (χ1) is 10.3. The first-order valence-corrected chi connectivity index (χ1v) is 8.73. The highest BCUT2D eigenvalue weighted by atomic mass is 35.5. The van der Waals surface area contributed by atoms with E-state index in [1.165, 1.54) is 10.4 Å². The first-order valence-electron chi connectivity index (χ1n) is 7.47. The molecule has 0 spiro atoms. The molecule has 0 saturated carbocycles. The Morgan fingerprint density at radius 1 is 1.38 bits per heavy atom. The van der Waals surface area contributed by atoms with Crippen LogP contribution in [0.1, 0.15) is 42.2 Å². The fourth-order valence-corrected chi connectivity index (χ4v) is 4.31. The molecule has 1 aliphatic heterocycles. The number of rotatable bonds is 5. The van der Waals surface area contributed by atoms with E-state index in [2.05, 4.69) is 35.8 Å². The third-order valence-electron chi connectivity index (χ3n) is 4.01. The van der Waals surface area contributed by atoms with Crippen molar-refractivity contribution in [2.45, 2.75) is 31.7 Å². The van der Waals surface area contributed by atoms with Crippen LogP contribution in [-0.2, 0) is 0 Å². The number of nitrogens with one attached hydrogen (secondary N) is 1. The van der Waals surface area contributed by atoms with Crippen molar-refractivity contribution in [2.75, 3.05) is 13.2 Å².